The Morgan fingerprint density at radius 1 is 1.18 bits per heavy atom. The fourth-order valence-electron chi connectivity index (χ4n) is 2.07. The molecule has 0 atom stereocenters. The Hall–Kier alpha value is -3.08. The first kappa shape index (κ1) is 13.9. The molecule has 0 aliphatic heterocycles. The van der Waals surface area contributed by atoms with Crippen LogP contribution in [0.2, 0.25) is 0 Å². The molecule has 0 saturated heterocycles. The number of fused-ring (bicyclic) bond motifs is 1. The highest BCUT2D eigenvalue weighted by Gasteiger charge is 2.04. The molecule has 3 rings (SSSR count). The number of hydrogen-bond donors (Lipinski definition) is 1. The number of rotatable bonds is 3. The number of benzene rings is 2. The van der Waals surface area contributed by atoms with E-state index in [0.717, 1.165) is 5.56 Å². The van der Waals surface area contributed by atoms with Crippen LogP contribution in [0.25, 0.3) is 23.1 Å². The lowest BCUT2D eigenvalue weighted by Crippen LogP contribution is -2.02. The average molecular weight is 295 g/mol. The summed E-state index contributed by atoms with van der Waals surface area (Å²) >= 11 is 0. The van der Waals surface area contributed by atoms with Crippen LogP contribution >= 0.6 is 0 Å². The van der Waals surface area contributed by atoms with Crippen LogP contribution in [-0.4, -0.2) is 17.2 Å². The molecule has 0 aliphatic rings. The first-order chi connectivity index (χ1) is 10.7. The van der Waals surface area contributed by atoms with Crippen LogP contribution in [0.5, 0.6) is 11.5 Å². The van der Waals surface area contributed by atoms with Gasteiger partial charge in [-0.05, 0) is 35.9 Å². The summed E-state index contributed by atoms with van der Waals surface area (Å²) in [6, 6.07) is 11.9. The summed E-state index contributed by atoms with van der Waals surface area (Å²) in [6.07, 6.45) is 3.32. The van der Waals surface area contributed by atoms with Crippen molar-refractivity contribution in [2.45, 2.75) is 0 Å². The Morgan fingerprint density at radius 3 is 2.82 bits per heavy atom. The molecule has 1 N–H and O–H groups in total. The summed E-state index contributed by atoms with van der Waals surface area (Å²) in [5, 5.41) is 10.0. The van der Waals surface area contributed by atoms with Crippen molar-refractivity contribution in [3.8, 4) is 11.5 Å². The molecule has 1 heterocycles. The predicted octanol–water partition coefficient (Wildman–Crippen LogP) is 3.07. The van der Waals surface area contributed by atoms with Crippen LogP contribution in [0.3, 0.4) is 0 Å². The molecule has 0 fully saturated rings. The van der Waals surface area contributed by atoms with Gasteiger partial charge in [0.2, 0.25) is 5.89 Å². The molecule has 0 aliphatic carbocycles. The van der Waals surface area contributed by atoms with Crippen molar-refractivity contribution in [3.63, 3.8) is 0 Å². The number of phenolic OH excluding ortho intramolecular Hbond substituents is 1. The van der Waals surface area contributed by atoms with E-state index in [1.165, 1.54) is 13.2 Å². The Labute approximate surface area is 126 Å². The molecule has 110 valence electrons. The van der Waals surface area contributed by atoms with Gasteiger partial charge in [-0.15, -0.1) is 0 Å². The van der Waals surface area contributed by atoms with E-state index in [9.17, 15) is 9.90 Å². The molecular weight excluding hydrogens is 282 g/mol. The smallest absolute Gasteiger partial charge is 0.347 e. The van der Waals surface area contributed by atoms with Gasteiger partial charge in [0, 0.05) is 6.08 Å². The molecule has 0 amide bonds. The molecule has 22 heavy (non-hydrogen) atoms. The van der Waals surface area contributed by atoms with Gasteiger partial charge in [-0.2, -0.15) is 0 Å². The predicted molar refractivity (Wildman–Crippen MR) is 83.9 cm³/mol. The van der Waals surface area contributed by atoms with E-state index in [1.807, 2.05) is 6.07 Å². The lowest BCUT2D eigenvalue weighted by molar-refractivity contribution is 0.373. The Morgan fingerprint density at radius 2 is 2.00 bits per heavy atom. The number of nitrogens with zero attached hydrogens (tertiary/aromatic N) is 1. The molecule has 0 bridgehead atoms. The number of para-hydroxylation sites is 1. The zero-order chi connectivity index (χ0) is 15.5. The summed E-state index contributed by atoms with van der Waals surface area (Å²) in [4.78, 5) is 16.1. The van der Waals surface area contributed by atoms with Crippen LogP contribution in [0.4, 0.5) is 0 Å². The molecule has 0 radical (unpaired) electrons. The minimum absolute atomic E-state index is 0.0648. The largest absolute Gasteiger partial charge is 0.504 e. The molecule has 1 aromatic heterocycles. The molecular formula is C17H13NO4. The number of ether oxygens (including phenoxy) is 1. The standard InChI is InChI=1S/C17H13NO4/c1-21-15-10-11(6-8-14(15)19)7-9-16-18-13-5-3-2-4-12(13)17(20)22-16/h2-10,19H,1H3. The van der Waals surface area contributed by atoms with Crippen molar-refractivity contribution in [1.29, 1.82) is 0 Å². The summed E-state index contributed by atoms with van der Waals surface area (Å²) in [5.41, 5.74) is 0.947. The lowest BCUT2D eigenvalue weighted by atomic mass is 10.2. The maximum atomic E-state index is 11.9. The average Bonchev–Trinajstić information content (AvgIpc) is 2.54. The molecule has 0 spiro atoms. The third-order valence-electron chi connectivity index (χ3n) is 3.17. The molecule has 5 heteroatoms. The van der Waals surface area contributed by atoms with Crippen molar-refractivity contribution < 1.29 is 14.3 Å². The number of phenols is 1. The van der Waals surface area contributed by atoms with E-state index in [0.29, 0.717) is 16.7 Å². The second kappa shape index (κ2) is 5.73. The van der Waals surface area contributed by atoms with E-state index in [1.54, 1.807) is 42.5 Å². The fraction of sp³-hybridized carbons (Fsp3) is 0.0588. The van der Waals surface area contributed by atoms with Crippen molar-refractivity contribution >= 4 is 23.1 Å². The molecule has 0 saturated carbocycles. The zero-order valence-electron chi connectivity index (χ0n) is 11.8. The first-order valence-corrected chi connectivity index (χ1v) is 6.62. The maximum Gasteiger partial charge on any atom is 0.347 e. The Kier molecular flexibility index (Phi) is 3.62. The van der Waals surface area contributed by atoms with Gasteiger partial charge in [0.1, 0.15) is 0 Å². The SMILES string of the molecule is COc1cc(C=Cc2nc3ccccc3c(=O)o2)ccc1O. The molecule has 2 aromatic carbocycles. The fourth-order valence-corrected chi connectivity index (χ4v) is 2.07. The quantitative estimate of drug-likeness (QED) is 0.804. The number of methoxy groups -OCH3 is 1. The number of aromatic hydroxyl groups is 1. The highest BCUT2D eigenvalue weighted by molar-refractivity contribution is 5.78. The van der Waals surface area contributed by atoms with E-state index in [4.69, 9.17) is 9.15 Å². The van der Waals surface area contributed by atoms with Crippen molar-refractivity contribution in [2.75, 3.05) is 7.11 Å². The van der Waals surface area contributed by atoms with Gasteiger partial charge in [-0.25, -0.2) is 9.78 Å². The summed E-state index contributed by atoms with van der Waals surface area (Å²) in [6.45, 7) is 0. The Balaban J connectivity index is 1.97. The third-order valence-corrected chi connectivity index (χ3v) is 3.17. The second-order valence-electron chi connectivity index (χ2n) is 4.62. The van der Waals surface area contributed by atoms with Crippen molar-refractivity contribution in [1.82, 2.24) is 4.98 Å². The Bertz CT molecular complexity index is 912. The topological polar surface area (TPSA) is 72.6 Å². The minimum Gasteiger partial charge on any atom is -0.504 e. The van der Waals surface area contributed by atoms with Crippen molar-refractivity contribution in [2.24, 2.45) is 0 Å². The molecule has 5 nitrogen and oxygen atoms in total. The second-order valence-corrected chi connectivity index (χ2v) is 4.62. The zero-order valence-corrected chi connectivity index (χ0v) is 11.8. The maximum absolute atomic E-state index is 11.9. The monoisotopic (exact) mass is 295 g/mol. The van der Waals surface area contributed by atoms with Crippen LogP contribution in [0.15, 0.2) is 51.7 Å². The third kappa shape index (κ3) is 2.69. The summed E-state index contributed by atoms with van der Waals surface area (Å²) < 4.78 is 10.2. The molecule has 0 unspecified atom stereocenters. The summed E-state index contributed by atoms with van der Waals surface area (Å²) in [7, 11) is 1.48. The highest BCUT2D eigenvalue weighted by Crippen LogP contribution is 2.27. The van der Waals surface area contributed by atoms with Crippen LogP contribution < -0.4 is 10.4 Å². The lowest BCUT2D eigenvalue weighted by Gasteiger charge is -2.03. The van der Waals surface area contributed by atoms with Crippen molar-refractivity contribution in [3.05, 3.63) is 64.3 Å². The van der Waals surface area contributed by atoms with Crippen LogP contribution in [0.1, 0.15) is 11.5 Å². The number of aromatic nitrogens is 1. The molecule has 3 aromatic rings. The van der Waals surface area contributed by atoms with Gasteiger partial charge in [-0.1, -0.05) is 18.2 Å². The van der Waals surface area contributed by atoms with Gasteiger partial charge in [0.05, 0.1) is 18.0 Å². The van der Waals surface area contributed by atoms with Gasteiger partial charge in [-0.3, -0.25) is 0 Å². The highest BCUT2D eigenvalue weighted by atomic mass is 16.5. The minimum atomic E-state index is -0.423. The normalized spacial score (nSPS) is 11.1. The van der Waals surface area contributed by atoms with E-state index < -0.39 is 5.63 Å². The first-order valence-electron chi connectivity index (χ1n) is 6.62. The van der Waals surface area contributed by atoms with Gasteiger partial charge in [0.25, 0.3) is 0 Å². The van der Waals surface area contributed by atoms with Gasteiger partial charge >= 0.3 is 5.63 Å². The van der Waals surface area contributed by atoms with Crippen LogP contribution in [0, 0.1) is 0 Å². The van der Waals surface area contributed by atoms with Crippen LogP contribution in [-0.2, 0) is 0 Å². The number of hydrogen-bond acceptors (Lipinski definition) is 5. The summed E-state index contributed by atoms with van der Waals surface area (Å²) in [5.74, 6) is 0.654. The van der Waals surface area contributed by atoms with E-state index >= 15 is 0 Å². The van der Waals surface area contributed by atoms with E-state index in [-0.39, 0.29) is 11.6 Å². The van der Waals surface area contributed by atoms with E-state index in [2.05, 4.69) is 4.98 Å². The van der Waals surface area contributed by atoms with Gasteiger partial charge in [0.15, 0.2) is 11.5 Å². The van der Waals surface area contributed by atoms with Gasteiger partial charge < -0.3 is 14.3 Å².